The molecule has 2 heterocycles. The number of hydrogen-bond acceptors (Lipinski definition) is 4. The van der Waals surface area contributed by atoms with Gasteiger partial charge in [-0.1, -0.05) is 41.9 Å². The first-order chi connectivity index (χ1) is 10.6. The fraction of sp³-hybridized carbons (Fsp3) is 0.267. The minimum absolute atomic E-state index is 0.133. The van der Waals surface area contributed by atoms with E-state index in [0.717, 1.165) is 19.5 Å². The molecule has 6 nitrogen and oxygen atoms in total. The lowest BCUT2D eigenvalue weighted by Crippen LogP contribution is -2.43. The quantitative estimate of drug-likeness (QED) is 0.931. The van der Waals surface area contributed by atoms with Gasteiger partial charge in [0.25, 0.3) is 5.56 Å². The molecule has 0 unspecified atom stereocenters. The molecule has 1 fully saturated rings. The Morgan fingerprint density at radius 2 is 1.95 bits per heavy atom. The monoisotopic (exact) mass is 319 g/mol. The average molecular weight is 320 g/mol. The van der Waals surface area contributed by atoms with Crippen LogP contribution in [0.1, 0.15) is 6.42 Å². The SMILES string of the molecule is O=C(O)Cn1c(-c2ccccc2)c(Cl)nc(N2CCC2)c1=O. The van der Waals surface area contributed by atoms with E-state index < -0.39 is 18.1 Å². The van der Waals surface area contributed by atoms with Crippen molar-refractivity contribution in [2.45, 2.75) is 13.0 Å². The molecular weight excluding hydrogens is 306 g/mol. The van der Waals surface area contributed by atoms with Crippen LogP contribution in [0.3, 0.4) is 0 Å². The maximum atomic E-state index is 12.6. The molecule has 0 aliphatic carbocycles. The normalized spacial score (nSPS) is 13.8. The van der Waals surface area contributed by atoms with Crippen LogP contribution in [0, 0.1) is 0 Å². The van der Waals surface area contributed by atoms with Crippen molar-refractivity contribution in [1.82, 2.24) is 9.55 Å². The van der Waals surface area contributed by atoms with Gasteiger partial charge < -0.3 is 10.0 Å². The zero-order valence-electron chi connectivity index (χ0n) is 11.7. The lowest BCUT2D eigenvalue weighted by Gasteiger charge is -2.32. The maximum Gasteiger partial charge on any atom is 0.323 e. The van der Waals surface area contributed by atoms with Crippen molar-refractivity contribution in [2.75, 3.05) is 18.0 Å². The van der Waals surface area contributed by atoms with Crippen molar-refractivity contribution >= 4 is 23.4 Å². The van der Waals surface area contributed by atoms with Crippen molar-refractivity contribution in [1.29, 1.82) is 0 Å². The minimum atomic E-state index is -1.10. The molecule has 1 N–H and O–H groups in total. The standard InChI is InChI=1S/C15H14ClN3O3/c16-13-12(10-5-2-1-3-6-10)19(9-11(20)21)15(22)14(17-13)18-7-4-8-18/h1-3,5-6H,4,7-9H2,(H,20,21). The highest BCUT2D eigenvalue weighted by Gasteiger charge is 2.24. The van der Waals surface area contributed by atoms with Crippen LogP contribution < -0.4 is 10.5 Å². The largest absolute Gasteiger partial charge is 0.480 e. The molecule has 2 aromatic rings. The highest BCUT2D eigenvalue weighted by molar-refractivity contribution is 6.32. The molecule has 114 valence electrons. The van der Waals surface area contributed by atoms with Crippen LogP contribution in [0.5, 0.6) is 0 Å². The van der Waals surface area contributed by atoms with Crippen LogP contribution >= 0.6 is 11.6 Å². The van der Waals surface area contributed by atoms with E-state index in [1.165, 1.54) is 4.57 Å². The fourth-order valence-electron chi connectivity index (χ4n) is 2.42. The Hall–Kier alpha value is -2.34. The third-order valence-electron chi connectivity index (χ3n) is 3.60. The summed E-state index contributed by atoms with van der Waals surface area (Å²) in [6, 6.07) is 8.96. The van der Waals surface area contributed by atoms with Gasteiger partial charge >= 0.3 is 5.97 Å². The van der Waals surface area contributed by atoms with Gasteiger partial charge in [-0.15, -0.1) is 0 Å². The van der Waals surface area contributed by atoms with Gasteiger partial charge in [0.2, 0.25) is 0 Å². The topological polar surface area (TPSA) is 75.4 Å². The Morgan fingerprint density at radius 3 is 2.50 bits per heavy atom. The van der Waals surface area contributed by atoms with Crippen LogP contribution in [0.4, 0.5) is 5.82 Å². The van der Waals surface area contributed by atoms with Gasteiger partial charge in [-0.3, -0.25) is 14.2 Å². The van der Waals surface area contributed by atoms with Crippen LogP contribution in [0.25, 0.3) is 11.3 Å². The molecule has 0 amide bonds. The Balaban J connectivity index is 2.22. The first-order valence-corrected chi connectivity index (χ1v) is 7.28. The van der Waals surface area contributed by atoms with E-state index in [1.54, 1.807) is 29.2 Å². The summed E-state index contributed by atoms with van der Waals surface area (Å²) in [5.41, 5.74) is 0.567. The zero-order chi connectivity index (χ0) is 15.7. The Kier molecular flexibility index (Phi) is 3.85. The Bertz CT molecular complexity index is 770. The van der Waals surface area contributed by atoms with Crippen molar-refractivity contribution in [3.8, 4) is 11.3 Å². The molecule has 0 spiro atoms. The van der Waals surface area contributed by atoms with Crippen LogP contribution in [-0.4, -0.2) is 33.7 Å². The van der Waals surface area contributed by atoms with Gasteiger partial charge in [0, 0.05) is 18.7 Å². The summed E-state index contributed by atoms with van der Waals surface area (Å²) in [5, 5.41) is 9.25. The summed E-state index contributed by atoms with van der Waals surface area (Å²) in [6.07, 6.45) is 0.984. The second-order valence-electron chi connectivity index (χ2n) is 5.07. The number of carboxylic acids is 1. The molecular formula is C15H14ClN3O3. The van der Waals surface area contributed by atoms with Crippen LogP contribution in [0.2, 0.25) is 5.15 Å². The molecule has 1 aromatic heterocycles. The van der Waals surface area contributed by atoms with E-state index in [1.807, 2.05) is 6.07 Å². The van der Waals surface area contributed by atoms with E-state index in [0.29, 0.717) is 11.3 Å². The third-order valence-corrected chi connectivity index (χ3v) is 3.87. The highest BCUT2D eigenvalue weighted by Crippen LogP contribution is 2.27. The molecule has 0 saturated carbocycles. The zero-order valence-corrected chi connectivity index (χ0v) is 12.5. The predicted molar refractivity (Wildman–Crippen MR) is 83.4 cm³/mol. The molecule has 1 saturated heterocycles. The fourth-order valence-corrected chi connectivity index (χ4v) is 2.71. The summed E-state index contributed by atoms with van der Waals surface area (Å²) >= 11 is 6.26. The summed E-state index contributed by atoms with van der Waals surface area (Å²) in [4.78, 5) is 29.8. The van der Waals surface area contributed by atoms with E-state index in [9.17, 15) is 9.59 Å². The Labute approximate surface area is 131 Å². The smallest absolute Gasteiger partial charge is 0.323 e. The lowest BCUT2D eigenvalue weighted by atomic mass is 10.1. The maximum absolute atomic E-state index is 12.6. The molecule has 1 aromatic carbocycles. The summed E-state index contributed by atoms with van der Waals surface area (Å²) in [6.45, 7) is 1.01. The number of anilines is 1. The molecule has 0 bridgehead atoms. The van der Waals surface area contributed by atoms with E-state index in [2.05, 4.69) is 4.98 Å². The third kappa shape index (κ3) is 2.57. The molecule has 22 heavy (non-hydrogen) atoms. The number of benzene rings is 1. The van der Waals surface area contributed by atoms with Gasteiger partial charge in [-0.05, 0) is 6.42 Å². The molecule has 3 rings (SSSR count). The summed E-state index contributed by atoms with van der Waals surface area (Å²) in [7, 11) is 0. The summed E-state index contributed by atoms with van der Waals surface area (Å²) < 4.78 is 1.18. The number of aromatic nitrogens is 2. The number of aliphatic carboxylic acids is 1. The molecule has 0 radical (unpaired) electrons. The average Bonchev–Trinajstić information content (AvgIpc) is 2.43. The minimum Gasteiger partial charge on any atom is -0.480 e. The Morgan fingerprint density at radius 1 is 1.27 bits per heavy atom. The van der Waals surface area contributed by atoms with E-state index in [4.69, 9.17) is 16.7 Å². The molecule has 7 heteroatoms. The number of nitrogens with zero attached hydrogens (tertiary/aromatic N) is 3. The first kappa shape index (κ1) is 14.6. The van der Waals surface area contributed by atoms with Crippen LogP contribution in [0.15, 0.2) is 35.1 Å². The number of hydrogen-bond donors (Lipinski definition) is 1. The van der Waals surface area contributed by atoms with E-state index in [-0.39, 0.29) is 11.0 Å². The number of rotatable bonds is 4. The lowest BCUT2D eigenvalue weighted by molar-refractivity contribution is -0.137. The van der Waals surface area contributed by atoms with Crippen LogP contribution in [-0.2, 0) is 11.3 Å². The van der Waals surface area contributed by atoms with Crippen molar-refractivity contribution in [3.05, 3.63) is 45.8 Å². The van der Waals surface area contributed by atoms with E-state index >= 15 is 0 Å². The van der Waals surface area contributed by atoms with Crippen molar-refractivity contribution in [3.63, 3.8) is 0 Å². The number of halogens is 1. The second kappa shape index (κ2) is 5.81. The first-order valence-electron chi connectivity index (χ1n) is 6.90. The summed E-state index contributed by atoms with van der Waals surface area (Å²) in [5.74, 6) is -0.881. The number of carbonyl (C=O) groups is 1. The van der Waals surface area contributed by atoms with Crippen molar-refractivity contribution in [2.24, 2.45) is 0 Å². The molecule has 1 aliphatic rings. The van der Waals surface area contributed by atoms with Crippen molar-refractivity contribution < 1.29 is 9.90 Å². The number of carboxylic acid groups (broad SMARTS) is 1. The van der Waals surface area contributed by atoms with Gasteiger partial charge in [0.05, 0.1) is 5.69 Å². The van der Waals surface area contributed by atoms with Gasteiger partial charge in [-0.2, -0.15) is 0 Å². The van der Waals surface area contributed by atoms with Gasteiger partial charge in [0.15, 0.2) is 11.0 Å². The second-order valence-corrected chi connectivity index (χ2v) is 5.42. The van der Waals surface area contributed by atoms with Gasteiger partial charge in [0.1, 0.15) is 6.54 Å². The molecule has 0 atom stereocenters. The molecule has 1 aliphatic heterocycles. The highest BCUT2D eigenvalue weighted by atomic mass is 35.5. The predicted octanol–water partition coefficient (Wildman–Crippen LogP) is 1.86. The van der Waals surface area contributed by atoms with Gasteiger partial charge in [-0.25, -0.2) is 4.98 Å².